The van der Waals surface area contributed by atoms with Gasteiger partial charge >= 0.3 is 5.69 Å². The lowest BCUT2D eigenvalue weighted by Gasteiger charge is -2.11. The minimum atomic E-state index is -0.230. The molecule has 0 aliphatic rings. The van der Waals surface area contributed by atoms with Crippen molar-refractivity contribution in [2.24, 2.45) is 0 Å². The second kappa shape index (κ2) is 5.08. The van der Waals surface area contributed by atoms with E-state index in [9.17, 15) is 9.59 Å². The zero-order chi connectivity index (χ0) is 13.1. The van der Waals surface area contributed by atoms with Crippen LogP contribution in [-0.2, 0) is 11.2 Å². The lowest BCUT2D eigenvalue weighted by molar-refractivity contribution is -0.121. The van der Waals surface area contributed by atoms with Crippen LogP contribution in [0.5, 0.6) is 0 Å². The molecular weight excluding hydrogens is 230 g/mol. The molecule has 1 aromatic carbocycles. The first-order valence-electron chi connectivity index (χ1n) is 6.08. The first-order valence-corrected chi connectivity index (χ1v) is 6.08. The standard InChI is InChI=1S/C13H17N3O2/c1-3-8(2)14-12(17)7-9-4-5-10-11(6-9)16-13(18)15-10/h4-6,8H,3,7H2,1-2H3,(H,14,17)(H2,15,16,18). The van der Waals surface area contributed by atoms with Gasteiger partial charge in [0.15, 0.2) is 0 Å². The first kappa shape index (κ1) is 12.4. The molecule has 3 N–H and O–H groups in total. The first-order chi connectivity index (χ1) is 8.58. The largest absolute Gasteiger partial charge is 0.353 e. The highest BCUT2D eigenvalue weighted by molar-refractivity contribution is 5.81. The van der Waals surface area contributed by atoms with E-state index in [4.69, 9.17) is 0 Å². The van der Waals surface area contributed by atoms with Crippen LogP contribution in [0.4, 0.5) is 0 Å². The molecule has 0 spiro atoms. The van der Waals surface area contributed by atoms with E-state index in [2.05, 4.69) is 15.3 Å². The molecule has 1 heterocycles. The van der Waals surface area contributed by atoms with Crippen LogP contribution >= 0.6 is 0 Å². The van der Waals surface area contributed by atoms with E-state index in [1.165, 1.54) is 0 Å². The number of aromatic amines is 2. The Morgan fingerprint density at radius 3 is 2.78 bits per heavy atom. The van der Waals surface area contributed by atoms with Crippen LogP contribution in [-0.4, -0.2) is 21.9 Å². The van der Waals surface area contributed by atoms with Gasteiger partial charge in [-0.2, -0.15) is 0 Å². The Balaban J connectivity index is 2.11. The molecule has 0 aliphatic heterocycles. The molecule has 0 fully saturated rings. The molecule has 0 bridgehead atoms. The summed E-state index contributed by atoms with van der Waals surface area (Å²) in [6.45, 7) is 4.01. The van der Waals surface area contributed by atoms with Gasteiger partial charge in [0.2, 0.25) is 5.91 Å². The molecule has 2 rings (SSSR count). The van der Waals surface area contributed by atoms with Crippen molar-refractivity contribution in [2.75, 3.05) is 0 Å². The van der Waals surface area contributed by atoms with Gasteiger partial charge in [-0.3, -0.25) is 4.79 Å². The Bertz CT molecular complexity index is 612. The molecule has 5 heteroatoms. The molecule has 96 valence electrons. The number of carbonyl (C=O) groups excluding carboxylic acids is 1. The third-order valence-electron chi connectivity index (χ3n) is 2.96. The van der Waals surface area contributed by atoms with Crippen molar-refractivity contribution in [3.63, 3.8) is 0 Å². The van der Waals surface area contributed by atoms with Gasteiger partial charge in [0.1, 0.15) is 0 Å². The zero-order valence-corrected chi connectivity index (χ0v) is 10.5. The summed E-state index contributed by atoms with van der Waals surface area (Å²) < 4.78 is 0. The van der Waals surface area contributed by atoms with Crippen LogP contribution in [0.15, 0.2) is 23.0 Å². The molecule has 0 saturated heterocycles. The highest BCUT2D eigenvalue weighted by atomic mass is 16.1. The molecule has 0 saturated carbocycles. The molecule has 1 unspecified atom stereocenters. The third-order valence-corrected chi connectivity index (χ3v) is 2.96. The summed E-state index contributed by atoms with van der Waals surface area (Å²) in [5.74, 6) is 0.00147. The normalized spacial score (nSPS) is 12.6. The van der Waals surface area contributed by atoms with Crippen LogP contribution in [0.2, 0.25) is 0 Å². The number of aromatic nitrogens is 2. The Hall–Kier alpha value is -2.04. The number of hydrogen-bond donors (Lipinski definition) is 3. The number of amides is 1. The maximum Gasteiger partial charge on any atom is 0.323 e. The van der Waals surface area contributed by atoms with Crippen molar-refractivity contribution in [3.05, 3.63) is 34.2 Å². The minimum Gasteiger partial charge on any atom is -0.353 e. The van der Waals surface area contributed by atoms with E-state index in [0.29, 0.717) is 6.42 Å². The van der Waals surface area contributed by atoms with Gasteiger partial charge in [0.25, 0.3) is 0 Å². The average Bonchev–Trinajstić information content (AvgIpc) is 2.68. The van der Waals surface area contributed by atoms with Crippen molar-refractivity contribution < 1.29 is 4.79 Å². The molecule has 18 heavy (non-hydrogen) atoms. The Labute approximate surface area is 105 Å². The van der Waals surface area contributed by atoms with Gasteiger partial charge in [0, 0.05) is 6.04 Å². The van der Waals surface area contributed by atoms with E-state index < -0.39 is 0 Å². The monoisotopic (exact) mass is 247 g/mol. The molecule has 1 amide bonds. The Morgan fingerprint density at radius 2 is 2.06 bits per heavy atom. The van der Waals surface area contributed by atoms with Gasteiger partial charge in [-0.25, -0.2) is 4.79 Å². The van der Waals surface area contributed by atoms with Crippen LogP contribution in [0.25, 0.3) is 11.0 Å². The van der Waals surface area contributed by atoms with E-state index in [-0.39, 0.29) is 17.6 Å². The minimum absolute atomic E-state index is 0.00147. The lowest BCUT2D eigenvalue weighted by Crippen LogP contribution is -2.33. The second-order valence-electron chi connectivity index (χ2n) is 4.51. The third kappa shape index (κ3) is 2.80. The molecule has 1 aromatic heterocycles. The number of benzene rings is 1. The van der Waals surface area contributed by atoms with Crippen molar-refractivity contribution in [1.82, 2.24) is 15.3 Å². The fourth-order valence-electron chi connectivity index (χ4n) is 1.80. The summed E-state index contributed by atoms with van der Waals surface area (Å²) in [4.78, 5) is 28.2. The van der Waals surface area contributed by atoms with E-state index in [1.807, 2.05) is 26.0 Å². The lowest BCUT2D eigenvalue weighted by atomic mass is 10.1. The van der Waals surface area contributed by atoms with Crippen molar-refractivity contribution >= 4 is 16.9 Å². The summed E-state index contributed by atoms with van der Waals surface area (Å²) in [7, 11) is 0. The van der Waals surface area contributed by atoms with Crippen molar-refractivity contribution in [2.45, 2.75) is 32.7 Å². The summed E-state index contributed by atoms with van der Waals surface area (Å²) in [6, 6.07) is 5.67. The quantitative estimate of drug-likeness (QED) is 0.761. The van der Waals surface area contributed by atoms with E-state index >= 15 is 0 Å². The van der Waals surface area contributed by atoms with Gasteiger partial charge < -0.3 is 15.3 Å². The maximum atomic E-state index is 11.7. The molecule has 0 aliphatic carbocycles. The van der Waals surface area contributed by atoms with Crippen LogP contribution in [0.1, 0.15) is 25.8 Å². The van der Waals surface area contributed by atoms with Gasteiger partial charge in [-0.1, -0.05) is 13.0 Å². The fraction of sp³-hybridized carbons (Fsp3) is 0.385. The summed E-state index contributed by atoms with van der Waals surface area (Å²) in [5.41, 5.74) is 2.14. The molecular formula is C13H17N3O2. The maximum absolute atomic E-state index is 11.7. The van der Waals surface area contributed by atoms with E-state index in [0.717, 1.165) is 23.0 Å². The fourth-order valence-corrected chi connectivity index (χ4v) is 1.80. The summed E-state index contributed by atoms with van der Waals surface area (Å²) in [5, 5.41) is 2.91. The van der Waals surface area contributed by atoms with Gasteiger partial charge in [-0.05, 0) is 31.0 Å². The number of imidazole rings is 1. The smallest absolute Gasteiger partial charge is 0.323 e. The van der Waals surface area contributed by atoms with Crippen molar-refractivity contribution in [1.29, 1.82) is 0 Å². The van der Waals surface area contributed by atoms with Crippen molar-refractivity contribution in [3.8, 4) is 0 Å². The topological polar surface area (TPSA) is 77.8 Å². The summed E-state index contributed by atoms with van der Waals surface area (Å²) >= 11 is 0. The number of carbonyl (C=O) groups is 1. The predicted molar refractivity (Wildman–Crippen MR) is 70.5 cm³/mol. The predicted octanol–water partition coefficient (Wildman–Crippen LogP) is 1.31. The zero-order valence-electron chi connectivity index (χ0n) is 10.5. The van der Waals surface area contributed by atoms with Crippen LogP contribution < -0.4 is 11.0 Å². The molecule has 2 aromatic rings. The molecule has 5 nitrogen and oxygen atoms in total. The summed E-state index contributed by atoms with van der Waals surface area (Å²) in [6.07, 6.45) is 1.24. The number of fused-ring (bicyclic) bond motifs is 1. The second-order valence-corrected chi connectivity index (χ2v) is 4.51. The van der Waals surface area contributed by atoms with Crippen LogP contribution in [0.3, 0.4) is 0 Å². The SMILES string of the molecule is CCC(C)NC(=O)Cc1ccc2[nH]c(=O)[nH]c2c1. The highest BCUT2D eigenvalue weighted by Crippen LogP contribution is 2.10. The van der Waals surface area contributed by atoms with Gasteiger partial charge in [0.05, 0.1) is 17.5 Å². The van der Waals surface area contributed by atoms with Gasteiger partial charge in [-0.15, -0.1) is 0 Å². The number of nitrogens with one attached hydrogen (secondary N) is 3. The Morgan fingerprint density at radius 1 is 1.33 bits per heavy atom. The highest BCUT2D eigenvalue weighted by Gasteiger charge is 2.07. The number of H-pyrrole nitrogens is 2. The molecule has 0 radical (unpaired) electrons. The Kier molecular flexibility index (Phi) is 3.50. The molecule has 1 atom stereocenters. The number of rotatable bonds is 4. The van der Waals surface area contributed by atoms with Crippen LogP contribution in [0, 0.1) is 0 Å². The average molecular weight is 247 g/mol. The van der Waals surface area contributed by atoms with E-state index in [1.54, 1.807) is 6.07 Å². The number of hydrogen-bond acceptors (Lipinski definition) is 2.